The molecule has 4 aromatic rings. The van der Waals surface area contributed by atoms with E-state index in [0.29, 0.717) is 11.1 Å². The Morgan fingerprint density at radius 1 is 0.857 bits per heavy atom. The van der Waals surface area contributed by atoms with E-state index in [9.17, 15) is 13.0 Å². The number of fused-ring (bicyclic) bond motifs is 1. The van der Waals surface area contributed by atoms with Gasteiger partial charge in [-0.25, -0.2) is 13.0 Å². The van der Waals surface area contributed by atoms with E-state index in [2.05, 4.69) is 104 Å². The SMILES string of the molecule is CN(C)c1ccc(C=Cc2cc[n+](C)c3ccccc23)cc1.Cc1cc(C)c(S(=O)(=O)[O-])c(C)c1. The van der Waals surface area contributed by atoms with Crippen molar-refractivity contribution in [3.63, 3.8) is 0 Å². The lowest BCUT2D eigenvalue weighted by molar-refractivity contribution is -0.644. The third-order valence-electron chi connectivity index (χ3n) is 5.79. The fourth-order valence-corrected chi connectivity index (χ4v) is 5.07. The van der Waals surface area contributed by atoms with Crippen molar-refractivity contribution in [2.24, 2.45) is 7.05 Å². The first-order chi connectivity index (χ1) is 16.5. The van der Waals surface area contributed by atoms with Crippen molar-refractivity contribution >= 4 is 38.9 Å². The number of pyridine rings is 1. The average Bonchev–Trinajstić information content (AvgIpc) is 2.78. The summed E-state index contributed by atoms with van der Waals surface area (Å²) >= 11 is 0. The second kappa shape index (κ2) is 10.8. The van der Waals surface area contributed by atoms with Crippen LogP contribution < -0.4 is 9.47 Å². The van der Waals surface area contributed by atoms with Crippen molar-refractivity contribution in [3.8, 4) is 0 Å². The number of para-hydroxylation sites is 1. The molecule has 0 amide bonds. The van der Waals surface area contributed by atoms with Gasteiger partial charge in [0, 0.05) is 31.9 Å². The van der Waals surface area contributed by atoms with Crippen LogP contribution in [0.25, 0.3) is 23.1 Å². The highest BCUT2D eigenvalue weighted by atomic mass is 32.2. The Balaban J connectivity index is 0.000000225. The smallest absolute Gasteiger partial charge is 0.212 e. The molecule has 6 heteroatoms. The zero-order valence-corrected chi connectivity index (χ0v) is 21.9. The summed E-state index contributed by atoms with van der Waals surface area (Å²) in [4.78, 5) is 2.02. The number of aromatic nitrogens is 1. The first-order valence-corrected chi connectivity index (χ1v) is 12.7. The molecule has 0 bridgehead atoms. The van der Waals surface area contributed by atoms with Crippen LogP contribution >= 0.6 is 0 Å². The lowest BCUT2D eigenvalue weighted by Gasteiger charge is -2.14. The Kier molecular flexibility index (Phi) is 8.10. The molecule has 3 aromatic carbocycles. The Hall–Kier alpha value is -3.48. The summed E-state index contributed by atoms with van der Waals surface area (Å²) in [5.41, 5.74) is 6.91. The molecule has 1 heterocycles. The molecule has 0 aliphatic rings. The quantitative estimate of drug-likeness (QED) is 0.284. The molecule has 0 aliphatic carbocycles. The van der Waals surface area contributed by atoms with E-state index in [4.69, 9.17) is 0 Å². The van der Waals surface area contributed by atoms with Crippen LogP contribution in [0.2, 0.25) is 0 Å². The minimum atomic E-state index is -4.33. The molecule has 182 valence electrons. The summed E-state index contributed by atoms with van der Waals surface area (Å²) in [6.45, 7) is 5.12. The standard InChI is InChI=1S/C20H21N2.C9H12O3S/c1-21(2)18-12-9-16(10-13-18)8-11-17-14-15-22(3)20-7-5-4-6-19(17)20;1-6-4-7(2)9(8(3)5-6)13(10,11)12/h4-15H,1-3H3;4-5H,1-3H3,(H,10,11,12)/q+1;/p-1. The molecule has 0 fully saturated rings. The normalized spacial score (nSPS) is 11.4. The second-order valence-corrected chi connectivity index (χ2v) is 10.2. The Morgan fingerprint density at radius 3 is 2.03 bits per heavy atom. The van der Waals surface area contributed by atoms with Gasteiger partial charge in [0.1, 0.15) is 17.2 Å². The number of nitrogens with zero attached hydrogens (tertiary/aromatic N) is 2. The fraction of sp³-hybridized carbons (Fsp3) is 0.207. The van der Waals surface area contributed by atoms with Crippen molar-refractivity contribution in [1.29, 1.82) is 0 Å². The molecule has 0 aliphatic heterocycles. The van der Waals surface area contributed by atoms with Crippen molar-refractivity contribution in [3.05, 3.63) is 101 Å². The maximum absolute atomic E-state index is 10.8. The molecule has 1 aromatic heterocycles. The number of hydrogen-bond acceptors (Lipinski definition) is 4. The molecular weight excluding hydrogens is 456 g/mol. The van der Waals surface area contributed by atoms with Crippen LogP contribution in [0.4, 0.5) is 5.69 Å². The van der Waals surface area contributed by atoms with E-state index in [-0.39, 0.29) is 4.90 Å². The number of anilines is 1. The van der Waals surface area contributed by atoms with Gasteiger partial charge in [-0.1, -0.05) is 54.1 Å². The van der Waals surface area contributed by atoms with Crippen LogP contribution in [-0.2, 0) is 17.2 Å². The van der Waals surface area contributed by atoms with E-state index >= 15 is 0 Å². The van der Waals surface area contributed by atoms with Gasteiger partial charge in [-0.15, -0.1) is 0 Å². The monoisotopic (exact) mass is 488 g/mol. The number of hydrogen-bond donors (Lipinski definition) is 0. The lowest BCUT2D eigenvalue weighted by atomic mass is 10.1. The number of rotatable bonds is 4. The number of aryl methyl sites for hydroxylation is 4. The van der Waals surface area contributed by atoms with Gasteiger partial charge in [-0.2, -0.15) is 0 Å². The summed E-state index contributed by atoms with van der Waals surface area (Å²) in [6, 6.07) is 22.6. The first-order valence-electron chi connectivity index (χ1n) is 11.3. The van der Waals surface area contributed by atoms with E-state index < -0.39 is 10.1 Å². The molecule has 4 rings (SSSR count). The fourth-order valence-electron chi connectivity index (χ4n) is 4.16. The highest BCUT2D eigenvalue weighted by Crippen LogP contribution is 2.21. The summed E-state index contributed by atoms with van der Waals surface area (Å²) in [7, 11) is 1.86. The van der Waals surface area contributed by atoms with Gasteiger partial charge in [0.05, 0.1) is 10.3 Å². The Morgan fingerprint density at radius 2 is 1.46 bits per heavy atom. The van der Waals surface area contributed by atoms with Crippen LogP contribution in [0.3, 0.4) is 0 Å². The summed E-state index contributed by atoms with van der Waals surface area (Å²) in [5, 5.41) is 1.27. The van der Waals surface area contributed by atoms with E-state index in [1.54, 1.807) is 26.0 Å². The topological polar surface area (TPSA) is 64.3 Å². The van der Waals surface area contributed by atoms with Crippen LogP contribution in [0.15, 0.2) is 77.8 Å². The molecule has 35 heavy (non-hydrogen) atoms. The molecule has 0 saturated heterocycles. The highest BCUT2D eigenvalue weighted by molar-refractivity contribution is 7.85. The van der Waals surface area contributed by atoms with Gasteiger partial charge < -0.3 is 9.45 Å². The highest BCUT2D eigenvalue weighted by Gasteiger charge is 2.09. The van der Waals surface area contributed by atoms with Gasteiger partial charge in [0.15, 0.2) is 6.20 Å². The Bertz CT molecular complexity index is 1450. The van der Waals surface area contributed by atoms with Gasteiger partial charge in [-0.05, 0) is 61.2 Å². The van der Waals surface area contributed by atoms with Crippen molar-refractivity contribution < 1.29 is 17.5 Å². The largest absolute Gasteiger partial charge is 0.744 e. The molecule has 5 nitrogen and oxygen atoms in total. The van der Waals surface area contributed by atoms with Crippen LogP contribution in [-0.4, -0.2) is 27.1 Å². The van der Waals surface area contributed by atoms with Crippen molar-refractivity contribution in [1.82, 2.24) is 0 Å². The van der Waals surface area contributed by atoms with Gasteiger partial charge >= 0.3 is 0 Å². The van der Waals surface area contributed by atoms with E-state index in [0.717, 1.165) is 5.56 Å². The maximum Gasteiger partial charge on any atom is 0.212 e. The molecule has 0 radical (unpaired) electrons. The predicted molar refractivity (Wildman–Crippen MR) is 143 cm³/mol. The third-order valence-corrected chi connectivity index (χ3v) is 6.94. The lowest BCUT2D eigenvalue weighted by Crippen LogP contribution is -2.28. The van der Waals surface area contributed by atoms with Crippen LogP contribution in [0, 0.1) is 20.8 Å². The van der Waals surface area contributed by atoms with E-state index in [1.807, 2.05) is 6.92 Å². The molecule has 0 spiro atoms. The molecule has 0 unspecified atom stereocenters. The van der Waals surface area contributed by atoms with Crippen molar-refractivity contribution in [2.75, 3.05) is 19.0 Å². The Labute approximate surface area is 208 Å². The summed E-state index contributed by atoms with van der Waals surface area (Å²) in [6.07, 6.45) is 6.46. The third kappa shape index (κ3) is 6.56. The van der Waals surface area contributed by atoms with Gasteiger partial charge in [0.2, 0.25) is 5.52 Å². The first kappa shape index (κ1) is 26.1. The zero-order valence-electron chi connectivity index (χ0n) is 21.1. The van der Waals surface area contributed by atoms with Gasteiger partial charge in [0.25, 0.3) is 0 Å². The summed E-state index contributed by atoms with van der Waals surface area (Å²) < 4.78 is 34.6. The molecule has 0 saturated carbocycles. The number of benzene rings is 3. The minimum absolute atomic E-state index is 0.0851. The average molecular weight is 489 g/mol. The molecule has 0 atom stereocenters. The van der Waals surface area contributed by atoms with Crippen LogP contribution in [0.5, 0.6) is 0 Å². The second-order valence-electron chi connectivity index (χ2n) is 8.90. The maximum atomic E-state index is 10.8. The van der Waals surface area contributed by atoms with Crippen LogP contribution in [0.1, 0.15) is 27.8 Å². The van der Waals surface area contributed by atoms with E-state index in [1.165, 1.54) is 27.7 Å². The molecular formula is C29H32N2O3S. The van der Waals surface area contributed by atoms with Gasteiger partial charge in [-0.3, -0.25) is 0 Å². The predicted octanol–water partition coefficient (Wildman–Crippen LogP) is 5.42. The van der Waals surface area contributed by atoms with Crippen molar-refractivity contribution in [2.45, 2.75) is 25.7 Å². The summed E-state index contributed by atoms with van der Waals surface area (Å²) in [5.74, 6) is 0. The zero-order chi connectivity index (χ0) is 25.8. The molecule has 0 N–H and O–H groups in total. The minimum Gasteiger partial charge on any atom is -0.744 e.